The van der Waals surface area contributed by atoms with Crippen LogP contribution in [0.3, 0.4) is 0 Å². The van der Waals surface area contributed by atoms with Crippen molar-refractivity contribution in [3.05, 3.63) is 0 Å². The SMILES string of the molecule is CCC(C)CC(O)(CC)CC. The summed E-state index contributed by atoms with van der Waals surface area (Å²) in [4.78, 5) is 0. The first-order chi connectivity index (χ1) is 5.08. The summed E-state index contributed by atoms with van der Waals surface area (Å²) < 4.78 is 0. The molecule has 0 radical (unpaired) electrons. The Labute approximate surface area is 70.8 Å². The smallest absolute Gasteiger partial charge is 0.0645 e. The van der Waals surface area contributed by atoms with E-state index >= 15 is 0 Å². The van der Waals surface area contributed by atoms with Crippen LogP contribution in [-0.4, -0.2) is 10.7 Å². The van der Waals surface area contributed by atoms with Gasteiger partial charge in [-0.25, -0.2) is 0 Å². The van der Waals surface area contributed by atoms with Gasteiger partial charge in [0.1, 0.15) is 0 Å². The zero-order chi connectivity index (χ0) is 8.91. The first-order valence-electron chi connectivity index (χ1n) is 4.80. The third-order valence-corrected chi connectivity index (χ3v) is 2.74. The van der Waals surface area contributed by atoms with Gasteiger partial charge in [-0.2, -0.15) is 0 Å². The molecule has 1 N–H and O–H groups in total. The van der Waals surface area contributed by atoms with E-state index in [0.717, 1.165) is 19.3 Å². The zero-order valence-corrected chi connectivity index (χ0v) is 8.35. The van der Waals surface area contributed by atoms with Crippen LogP contribution in [0.2, 0.25) is 0 Å². The lowest BCUT2D eigenvalue weighted by Crippen LogP contribution is -2.28. The lowest BCUT2D eigenvalue weighted by atomic mass is 9.86. The molecule has 0 rings (SSSR count). The highest BCUT2D eigenvalue weighted by Crippen LogP contribution is 2.25. The van der Waals surface area contributed by atoms with E-state index < -0.39 is 5.60 Å². The standard InChI is InChI=1S/C10H22O/c1-5-9(4)8-10(11,6-2)7-3/h9,11H,5-8H2,1-4H3. The van der Waals surface area contributed by atoms with Gasteiger partial charge in [-0.05, 0) is 25.2 Å². The molecule has 0 aromatic rings. The van der Waals surface area contributed by atoms with Crippen molar-refractivity contribution in [2.45, 2.75) is 59.0 Å². The van der Waals surface area contributed by atoms with Crippen LogP contribution in [0.5, 0.6) is 0 Å². The predicted molar refractivity (Wildman–Crippen MR) is 49.6 cm³/mol. The fraction of sp³-hybridized carbons (Fsp3) is 1.00. The van der Waals surface area contributed by atoms with Gasteiger partial charge < -0.3 is 5.11 Å². The Balaban J connectivity index is 3.86. The number of hydrogen-bond acceptors (Lipinski definition) is 1. The number of rotatable bonds is 5. The molecule has 1 unspecified atom stereocenters. The fourth-order valence-electron chi connectivity index (χ4n) is 1.33. The van der Waals surface area contributed by atoms with Gasteiger partial charge >= 0.3 is 0 Å². The third kappa shape index (κ3) is 3.76. The van der Waals surface area contributed by atoms with E-state index in [2.05, 4.69) is 27.7 Å². The van der Waals surface area contributed by atoms with Crippen molar-refractivity contribution in [1.29, 1.82) is 0 Å². The molecule has 1 nitrogen and oxygen atoms in total. The topological polar surface area (TPSA) is 20.2 Å². The van der Waals surface area contributed by atoms with E-state index in [1.807, 2.05) is 0 Å². The maximum atomic E-state index is 9.93. The average Bonchev–Trinajstić information content (AvgIpc) is 2.04. The summed E-state index contributed by atoms with van der Waals surface area (Å²) in [6.07, 6.45) is 3.89. The van der Waals surface area contributed by atoms with Crippen molar-refractivity contribution < 1.29 is 5.11 Å². The molecule has 0 aliphatic carbocycles. The average molecular weight is 158 g/mol. The number of aliphatic hydroxyl groups is 1. The zero-order valence-electron chi connectivity index (χ0n) is 8.35. The first kappa shape index (κ1) is 11.0. The fourth-order valence-corrected chi connectivity index (χ4v) is 1.33. The summed E-state index contributed by atoms with van der Waals surface area (Å²) in [5.74, 6) is 0.653. The van der Waals surface area contributed by atoms with Crippen LogP contribution in [-0.2, 0) is 0 Å². The largest absolute Gasteiger partial charge is 0.390 e. The van der Waals surface area contributed by atoms with Crippen LogP contribution in [0.25, 0.3) is 0 Å². The molecule has 0 spiro atoms. The summed E-state index contributed by atoms with van der Waals surface area (Å²) in [5, 5.41) is 9.93. The van der Waals surface area contributed by atoms with Crippen LogP contribution in [0.15, 0.2) is 0 Å². The molecule has 0 bridgehead atoms. The Morgan fingerprint density at radius 1 is 1.18 bits per heavy atom. The Bertz CT molecular complexity index is 95.0. The van der Waals surface area contributed by atoms with Gasteiger partial charge in [-0.1, -0.05) is 34.1 Å². The van der Waals surface area contributed by atoms with Gasteiger partial charge in [0.25, 0.3) is 0 Å². The van der Waals surface area contributed by atoms with Crippen molar-refractivity contribution in [2.24, 2.45) is 5.92 Å². The first-order valence-corrected chi connectivity index (χ1v) is 4.80. The predicted octanol–water partition coefficient (Wildman–Crippen LogP) is 2.97. The minimum Gasteiger partial charge on any atom is -0.390 e. The molecule has 0 aromatic heterocycles. The van der Waals surface area contributed by atoms with E-state index in [0.29, 0.717) is 5.92 Å². The van der Waals surface area contributed by atoms with Gasteiger partial charge in [-0.3, -0.25) is 0 Å². The minimum atomic E-state index is -0.393. The Kier molecular flexibility index (Phi) is 4.74. The lowest BCUT2D eigenvalue weighted by molar-refractivity contribution is 0.00961. The maximum absolute atomic E-state index is 9.93. The van der Waals surface area contributed by atoms with Crippen molar-refractivity contribution in [1.82, 2.24) is 0 Å². The second kappa shape index (κ2) is 4.76. The highest BCUT2D eigenvalue weighted by Gasteiger charge is 2.23. The van der Waals surface area contributed by atoms with E-state index in [1.54, 1.807) is 0 Å². The normalized spacial score (nSPS) is 15.0. The quantitative estimate of drug-likeness (QED) is 0.652. The summed E-state index contributed by atoms with van der Waals surface area (Å²) in [6.45, 7) is 8.50. The van der Waals surface area contributed by atoms with E-state index in [-0.39, 0.29) is 0 Å². The van der Waals surface area contributed by atoms with Crippen molar-refractivity contribution in [2.75, 3.05) is 0 Å². The van der Waals surface area contributed by atoms with Gasteiger partial charge in [0.05, 0.1) is 5.60 Å². The van der Waals surface area contributed by atoms with Crippen molar-refractivity contribution in [3.63, 3.8) is 0 Å². The summed E-state index contributed by atoms with van der Waals surface area (Å²) >= 11 is 0. The molecule has 1 heteroatoms. The van der Waals surface area contributed by atoms with E-state index in [1.165, 1.54) is 6.42 Å². The molecule has 0 amide bonds. The maximum Gasteiger partial charge on any atom is 0.0645 e. The highest BCUT2D eigenvalue weighted by molar-refractivity contribution is 4.76. The van der Waals surface area contributed by atoms with Gasteiger partial charge in [0.2, 0.25) is 0 Å². The molecule has 0 aromatic carbocycles. The van der Waals surface area contributed by atoms with Crippen LogP contribution >= 0.6 is 0 Å². The molecular weight excluding hydrogens is 136 g/mol. The van der Waals surface area contributed by atoms with Crippen molar-refractivity contribution in [3.8, 4) is 0 Å². The second-order valence-corrected chi connectivity index (χ2v) is 3.65. The Hall–Kier alpha value is -0.0400. The van der Waals surface area contributed by atoms with E-state index in [4.69, 9.17) is 0 Å². The van der Waals surface area contributed by atoms with Crippen molar-refractivity contribution >= 4 is 0 Å². The number of hydrogen-bond donors (Lipinski definition) is 1. The summed E-state index contributed by atoms with van der Waals surface area (Å²) in [5.41, 5.74) is -0.393. The highest BCUT2D eigenvalue weighted by atomic mass is 16.3. The molecule has 1 atom stereocenters. The lowest BCUT2D eigenvalue weighted by Gasteiger charge is -2.27. The van der Waals surface area contributed by atoms with Crippen LogP contribution in [0.1, 0.15) is 53.4 Å². The molecule has 0 aliphatic heterocycles. The summed E-state index contributed by atoms with van der Waals surface area (Å²) in [6, 6.07) is 0. The Morgan fingerprint density at radius 2 is 1.64 bits per heavy atom. The van der Waals surface area contributed by atoms with Gasteiger partial charge in [-0.15, -0.1) is 0 Å². The molecule has 68 valence electrons. The summed E-state index contributed by atoms with van der Waals surface area (Å²) in [7, 11) is 0. The van der Waals surface area contributed by atoms with Crippen LogP contribution in [0, 0.1) is 5.92 Å². The monoisotopic (exact) mass is 158 g/mol. The van der Waals surface area contributed by atoms with Crippen LogP contribution in [0.4, 0.5) is 0 Å². The Morgan fingerprint density at radius 3 is 1.91 bits per heavy atom. The van der Waals surface area contributed by atoms with Gasteiger partial charge in [0, 0.05) is 0 Å². The third-order valence-electron chi connectivity index (χ3n) is 2.74. The van der Waals surface area contributed by atoms with Gasteiger partial charge in [0.15, 0.2) is 0 Å². The molecule has 11 heavy (non-hydrogen) atoms. The molecule has 0 heterocycles. The molecule has 0 saturated heterocycles. The molecule has 0 saturated carbocycles. The van der Waals surface area contributed by atoms with Crippen LogP contribution < -0.4 is 0 Å². The molecular formula is C10H22O. The second-order valence-electron chi connectivity index (χ2n) is 3.65. The molecule has 0 fully saturated rings. The van der Waals surface area contributed by atoms with E-state index in [9.17, 15) is 5.11 Å². The minimum absolute atomic E-state index is 0.393. The molecule has 0 aliphatic rings.